The number of hydrogen-bond acceptors (Lipinski definition) is 1. The molecule has 0 spiro atoms. The van der Waals surface area contributed by atoms with E-state index >= 15 is 0 Å². The molecule has 0 aliphatic carbocycles. The lowest BCUT2D eigenvalue weighted by molar-refractivity contribution is 0.414. The van der Waals surface area contributed by atoms with Gasteiger partial charge in [0.1, 0.15) is 5.75 Å². The molecule has 0 aliphatic rings. The minimum atomic E-state index is 0.903. The summed E-state index contributed by atoms with van der Waals surface area (Å²) < 4.78 is 5.07. The number of ether oxygens (including phenoxy) is 1. The average molecular weight is 178 g/mol. The van der Waals surface area contributed by atoms with Crippen molar-refractivity contribution in [3.05, 3.63) is 35.9 Å². The van der Waals surface area contributed by atoms with Gasteiger partial charge in [0.2, 0.25) is 0 Å². The third-order valence-corrected chi connectivity index (χ3v) is 1.45. The fourth-order valence-corrected chi connectivity index (χ4v) is 0.938. The third-order valence-electron chi connectivity index (χ3n) is 1.45. The van der Waals surface area contributed by atoms with Crippen molar-refractivity contribution >= 4 is 6.08 Å². The molecule has 0 unspecified atom stereocenters. The van der Waals surface area contributed by atoms with E-state index in [1.807, 2.05) is 57.2 Å². The first kappa shape index (κ1) is 11.8. The standard InChI is InChI=1S/C10H12O.C2H6/c1-3-5-9-6-4-7-10(8-9)11-2;1-2/h3-8H,1-2H3;1-2H3/b5-3-;. The van der Waals surface area contributed by atoms with Gasteiger partial charge < -0.3 is 4.74 Å². The van der Waals surface area contributed by atoms with Gasteiger partial charge in [0.25, 0.3) is 0 Å². The van der Waals surface area contributed by atoms with Gasteiger partial charge >= 0.3 is 0 Å². The zero-order valence-electron chi connectivity index (χ0n) is 8.87. The van der Waals surface area contributed by atoms with Gasteiger partial charge in [-0.15, -0.1) is 0 Å². The first-order valence-electron chi connectivity index (χ1n) is 4.63. The molecule has 1 heteroatoms. The summed E-state index contributed by atoms with van der Waals surface area (Å²) in [6, 6.07) is 7.96. The Morgan fingerprint density at radius 3 is 2.46 bits per heavy atom. The number of rotatable bonds is 2. The van der Waals surface area contributed by atoms with E-state index in [-0.39, 0.29) is 0 Å². The zero-order valence-corrected chi connectivity index (χ0v) is 8.87. The molecule has 0 fully saturated rings. The summed E-state index contributed by atoms with van der Waals surface area (Å²) in [7, 11) is 1.68. The molecule has 0 radical (unpaired) electrons. The molecular formula is C12H18O. The smallest absolute Gasteiger partial charge is 0.119 e. The molecule has 0 N–H and O–H groups in total. The third kappa shape index (κ3) is 4.36. The maximum absolute atomic E-state index is 5.07. The van der Waals surface area contributed by atoms with Gasteiger partial charge in [0.05, 0.1) is 7.11 Å². The average Bonchev–Trinajstić information content (AvgIpc) is 2.22. The van der Waals surface area contributed by atoms with Gasteiger partial charge in [0, 0.05) is 0 Å². The van der Waals surface area contributed by atoms with Gasteiger partial charge in [-0.2, -0.15) is 0 Å². The van der Waals surface area contributed by atoms with Gasteiger partial charge in [-0.25, -0.2) is 0 Å². The fraction of sp³-hybridized carbons (Fsp3) is 0.333. The second-order valence-corrected chi connectivity index (χ2v) is 2.28. The Morgan fingerprint density at radius 1 is 1.23 bits per heavy atom. The normalized spacial score (nSPS) is 9.23. The first-order valence-corrected chi connectivity index (χ1v) is 4.63. The Balaban J connectivity index is 0.000000671. The lowest BCUT2D eigenvalue weighted by Crippen LogP contribution is -1.81. The maximum Gasteiger partial charge on any atom is 0.119 e. The van der Waals surface area contributed by atoms with Crippen molar-refractivity contribution in [1.29, 1.82) is 0 Å². The van der Waals surface area contributed by atoms with E-state index in [9.17, 15) is 0 Å². The summed E-state index contributed by atoms with van der Waals surface area (Å²) in [5.41, 5.74) is 1.17. The number of benzene rings is 1. The SMILES string of the molecule is C/C=C\c1cccc(OC)c1.CC. The quantitative estimate of drug-likeness (QED) is 0.670. The topological polar surface area (TPSA) is 9.23 Å². The Labute approximate surface area is 81.1 Å². The molecule has 1 nitrogen and oxygen atoms in total. The Kier molecular flexibility index (Phi) is 6.70. The van der Waals surface area contributed by atoms with Crippen molar-refractivity contribution in [3.8, 4) is 5.75 Å². The van der Waals surface area contributed by atoms with Crippen LogP contribution in [0.4, 0.5) is 0 Å². The second-order valence-electron chi connectivity index (χ2n) is 2.28. The van der Waals surface area contributed by atoms with Gasteiger partial charge in [-0.05, 0) is 24.6 Å². The van der Waals surface area contributed by atoms with Crippen LogP contribution in [0.5, 0.6) is 5.75 Å². The van der Waals surface area contributed by atoms with Gasteiger partial charge in [0.15, 0.2) is 0 Å². The molecule has 1 aromatic carbocycles. The van der Waals surface area contributed by atoms with Crippen LogP contribution < -0.4 is 4.74 Å². The minimum absolute atomic E-state index is 0.903. The van der Waals surface area contributed by atoms with Gasteiger partial charge in [-0.1, -0.05) is 38.1 Å². The van der Waals surface area contributed by atoms with E-state index < -0.39 is 0 Å². The van der Waals surface area contributed by atoms with Crippen molar-refractivity contribution in [2.45, 2.75) is 20.8 Å². The lowest BCUT2D eigenvalue weighted by Gasteiger charge is -1.99. The molecule has 1 rings (SSSR count). The predicted molar refractivity (Wildman–Crippen MR) is 59.1 cm³/mol. The van der Waals surface area contributed by atoms with Crippen molar-refractivity contribution in [2.75, 3.05) is 7.11 Å². The molecule has 0 saturated heterocycles. The Hall–Kier alpha value is -1.24. The summed E-state index contributed by atoms with van der Waals surface area (Å²) in [6.45, 7) is 6.00. The summed E-state index contributed by atoms with van der Waals surface area (Å²) >= 11 is 0. The fourth-order valence-electron chi connectivity index (χ4n) is 0.938. The molecular weight excluding hydrogens is 160 g/mol. The molecule has 0 aromatic heterocycles. The van der Waals surface area contributed by atoms with Crippen molar-refractivity contribution < 1.29 is 4.74 Å². The summed E-state index contributed by atoms with van der Waals surface area (Å²) in [4.78, 5) is 0. The predicted octanol–water partition coefficient (Wildman–Crippen LogP) is 3.75. The van der Waals surface area contributed by atoms with E-state index in [4.69, 9.17) is 4.74 Å². The number of allylic oxidation sites excluding steroid dienone is 1. The van der Waals surface area contributed by atoms with Crippen LogP contribution in [0.25, 0.3) is 6.08 Å². The van der Waals surface area contributed by atoms with E-state index in [2.05, 4.69) is 0 Å². The van der Waals surface area contributed by atoms with Crippen molar-refractivity contribution in [1.82, 2.24) is 0 Å². The van der Waals surface area contributed by atoms with Crippen LogP contribution in [0.1, 0.15) is 26.3 Å². The number of methoxy groups -OCH3 is 1. The van der Waals surface area contributed by atoms with Gasteiger partial charge in [-0.3, -0.25) is 0 Å². The highest BCUT2D eigenvalue weighted by Gasteiger charge is 1.89. The van der Waals surface area contributed by atoms with E-state index in [0.717, 1.165) is 5.75 Å². The highest BCUT2D eigenvalue weighted by Crippen LogP contribution is 2.13. The van der Waals surface area contributed by atoms with Crippen LogP contribution in [0.3, 0.4) is 0 Å². The van der Waals surface area contributed by atoms with E-state index in [1.165, 1.54) is 5.56 Å². The molecule has 0 bridgehead atoms. The highest BCUT2D eigenvalue weighted by atomic mass is 16.5. The lowest BCUT2D eigenvalue weighted by atomic mass is 10.2. The monoisotopic (exact) mass is 178 g/mol. The molecule has 0 amide bonds. The summed E-state index contributed by atoms with van der Waals surface area (Å²) in [6.07, 6.45) is 4.05. The largest absolute Gasteiger partial charge is 0.497 e. The molecule has 0 heterocycles. The van der Waals surface area contributed by atoms with Crippen LogP contribution in [-0.2, 0) is 0 Å². The first-order chi connectivity index (χ1) is 6.36. The molecule has 13 heavy (non-hydrogen) atoms. The Bertz CT molecular complexity index is 251. The Morgan fingerprint density at radius 2 is 1.92 bits per heavy atom. The van der Waals surface area contributed by atoms with Crippen LogP contribution in [0, 0.1) is 0 Å². The van der Waals surface area contributed by atoms with Crippen LogP contribution in [-0.4, -0.2) is 7.11 Å². The highest BCUT2D eigenvalue weighted by molar-refractivity contribution is 5.51. The van der Waals surface area contributed by atoms with Crippen LogP contribution >= 0.6 is 0 Å². The molecule has 0 atom stereocenters. The zero-order chi connectivity index (χ0) is 10.1. The summed E-state index contributed by atoms with van der Waals surface area (Å²) in [5.74, 6) is 0.903. The molecule has 72 valence electrons. The molecule has 0 saturated carbocycles. The second kappa shape index (κ2) is 7.41. The minimum Gasteiger partial charge on any atom is -0.497 e. The molecule has 0 aliphatic heterocycles. The summed E-state index contributed by atoms with van der Waals surface area (Å²) in [5, 5.41) is 0. The van der Waals surface area contributed by atoms with Crippen molar-refractivity contribution in [3.63, 3.8) is 0 Å². The number of hydrogen-bond donors (Lipinski definition) is 0. The maximum atomic E-state index is 5.07. The van der Waals surface area contributed by atoms with E-state index in [0.29, 0.717) is 0 Å². The van der Waals surface area contributed by atoms with Crippen LogP contribution in [0.15, 0.2) is 30.3 Å². The van der Waals surface area contributed by atoms with Crippen LogP contribution in [0.2, 0.25) is 0 Å². The van der Waals surface area contributed by atoms with E-state index in [1.54, 1.807) is 7.11 Å². The van der Waals surface area contributed by atoms with Crippen molar-refractivity contribution in [2.24, 2.45) is 0 Å². The molecule has 1 aromatic rings.